The van der Waals surface area contributed by atoms with Gasteiger partial charge < -0.3 is 5.32 Å². The molecule has 0 fully saturated rings. The van der Waals surface area contributed by atoms with Gasteiger partial charge in [0.1, 0.15) is 5.82 Å². The maximum absolute atomic E-state index is 13.0. The molecule has 0 unspecified atom stereocenters. The zero-order valence-corrected chi connectivity index (χ0v) is 15.8. The highest BCUT2D eigenvalue weighted by atomic mass is 32.2. The number of thiazole rings is 1. The van der Waals surface area contributed by atoms with Crippen LogP contribution in [0.3, 0.4) is 0 Å². The highest BCUT2D eigenvalue weighted by Crippen LogP contribution is 2.25. The summed E-state index contributed by atoms with van der Waals surface area (Å²) in [6.45, 7) is 0. The molecule has 3 rings (SSSR count). The second-order valence-electron chi connectivity index (χ2n) is 5.73. The van der Waals surface area contributed by atoms with E-state index in [1.165, 1.54) is 29.0 Å². The van der Waals surface area contributed by atoms with Crippen molar-refractivity contribution >= 4 is 34.1 Å². The van der Waals surface area contributed by atoms with E-state index in [0.29, 0.717) is 11.6 Å². The molecule has 6 heteroatoms. The zero-order chi connectivity index (χ0) is 18.2. The van der Waals surface area contributed by atoms with Gasteiger partial charge in [0.2, 0.25) is 5.91 Å². The van der Waals surface area contributed by atoms with Gasteiger partial charge in [0.25, 0.3) is 0 Å². The number of hydrogen-bond acceptors (Lipinski definition) is 4. The molecule has 1 heterocycles. The Morgan fingerprint density at radius 1 is 1.12 bits per heavy atom. The van der Waals surface area contributed by atoms with Crippen LogP contribution in [0.4, 0.5) is 9.52 Å². The predicted octanol–water partition coefficient (Wildman–Crippen LogP) is 5.60. The molecule has 0 bridgehead atoms. The van der Waals surface area contributed by atoms with Crippen LogP contribution < -0.4 is 5.32 Å². The lowest BCUT2D eigenvalue weighted by atomic mass is 10.2. The van der Waals surface area contributed by atoms with Crippen LogP contribution in [0, 0.1) is 5.82 Å². The average molecular weight is 387 g/mol. The van der Waals surface area contributed by atoms with Crippen LogP contribution in [0.1, 0.15) is 18.4 Å². The van der Waals surface area contributed by atoms with Crippen LogP contribution in [0.5, 0.6) is 0 Å². The molecule has 1 N–H and O–H groups in total. The number of thioether (sulfide) groups is 1. The fraction of sp³-hybridized carbons (Fsp3) is 0.200. The Balaban J connectivity index is 1.39. The van der Waals surface area contributed by atoms with Crippen LogP contribution in [0.2, 0.25) is 0 Å². The van der Waals surface area contributed by atoms with Gasteiger partial charge in [-0.2, -0.15) is 11.8 Å². The minimum atomic E-state index is -0.275. The molecule has 0 aliphatic rings. The molecule has 0 radical (unpaired) electrons. The third-order valence-electron chi connectivity index (χ3n) is 3.69. The van der Waals surface area contributed by atoms with E-state index in [9.17, 15) is 9.18 Å². The van der Waals surface area contributed by atoms with Crippen LogP contribution in [-0.4, -0.2) is 16.6 Å². The van der Waals surface area contributed by atoms with Crippen LogP contribution in [0.15, 0.2) is 60.0 Å². The van der Waals surface area contributed by atoms with Crippen molar-refractivity contribution in [3.8, 4) is 11.3 Å². The second-order valence-corrected chi connectivity index (χ2v) is 7.70. The van der Waals surface area contributed by atoms with Gasteiger partial charge in [-0.1, -0.05) is 30.3 Å². The Hall–Kier alpha value is -2.18. The quantitative estimate of drug-likeness (QED) is 0.512. The molecular formula is C20H19FN2OS2. The van der Waals surface area contributed by atoms with Crippen LogP contribution in [0.25, 0.3) is 11.3 Å². The number of benzene rings is 2. The second kappa shape index (κ2) is 9.50. The summed E-state index contributed by atoms with van der Waals surface area (Å²) in [5.74, 6) is 1.62. The Bertz CT molecular complexity index is 835. The summed E-state index contributed by atoms with van der Waals surface area (Å²) in [6.07, 6.45) is 1.31. The summed E-state index contributed by atoms with van der Waals surface area (Å²) in [5, 5.41) is 5.27. The highest BCUT2D eigenvalue weighted by molar-refractivity contribution is 7.98. The van der Waals surface area contributed by atoms with Crippen molar-refractivity contribution in [1.82, 2.24) is 4.98 Å². The van der Waals surface area contributed by atoms with Crippen molar-refractivity contribution in [3.05, 3.63) is 71.4 Å². The molecule has 0 aliphatic carbocycles. The Labute approximate surface area is 160 Å². The van der Waals surface area contributed by atoms with Gasteiger partial charge in [-0.3, -0.25) is 4.79 Å². The van der Waals surface area contributed by atoms with E-state index in [1.54, 1.807) is 12.1 Å². The van der Waals surface area contributed by atoms with E-state index in [4.69, 9.17) is 0 Å². The lowest BCUT2D eigenvalue weighted by Gasteiger charge is -2.03. The average Bonchev–Trinajstić information content (AvgIpc) is 3.11. The van der Waals surface area contributed by atoms with Gasteiger partial charge >= 0.3 is 0 Å². The SMILES string of the molecule is O=C(CCCSCc1ccccc1)Nc1nc(-c2ccc(F)cc2)cs1. The standard InChI is InChI=1S/C20H19FN2OS2/c21-17-10-8-16(9-11-17)18-14-26-20(22-18)23-19(24)7-4-12-25-13-15-5-2-1-3-6-15/h1-3,5-6,8-11,14H,4,7,12-13H2,(H,22,23,24). The number of hydrogen-bond donors (Lipinski definition) is 1. The molecule has 0 spiro atoms. The molecule has 0 atom stereocenters. The topological polar surface area (TPSA) is 42.0 Å². The first-order chi connectivity index (χ1) is 12.7. The van der Waals surface area contributed by atoms with Crippen molar-refractivity contribution < 1.29 is 9.18 Å². The van der Waals surface area contributed by atoms with Gasteiger partial charge in [0.05, 0.1) is 5.69 Å². The zero-order valence-electron chi connectivity index (χ0n) is 14.2. The van der Waals surface area contributed by atoms with Crippen molar-refractivity contribution in [2.75, 3.05) is 11.1 Å². The number of aromatic nitrogens is 1. The molecule has 0 aliphatic heterocycles. The number of carbonyl (C=O) groups is 1. The van der Waals surface area contributed by atoms with Gasteiger partial charge in [-0.15, -0.1) is 11.3 Å². The normalized spacial score (nSPS) is 10.7. The first-order valence-corrected chi connectivity index (χ1v) is 10.4. The molecule has 3 aromatic rings. The maximum Gasteiger partial charge on any atom is 0.226 e. The molecule has 0 saturated carbocycles. The van der Waals surface area contributed by atoms with Crippen molar-refractivity contribution in [3.63, 3.8) is 0 Å². The number of nitrogens with zero attached hydrogens (tertiary/aromatic N) is 1. The molecule has 2 aromatic carbocycles. The Kier molecular flexibility index (Phi) is 6.80. The van der Waals surface area contributed by atoms with E-state index in [0.717, 1.165) is 29.2 Å². The van der Waals surface area contributed by atoms with Crippen molar-refractivity contribution in [1.29, 1.82) is 0 Å². The third-order valence-corrected chi connectivity index (χ3v) is 5.57. The Morgan fingerprint density at radius 3 is 2.65 bits per heavy atom. The van der Waals surface area contributed by atoms with Gasteiger partial charge in [0.15, 0.2) is 5.13 Å². The van der Waals surface area contributed by atoms with Crippen LogP contribution >= 0.6 is 23.1 Å². The van der Waals surface area contributed by atoms with Gasteiger partial charge in [-0.25, -0.2) is 9.37 Å². The van der Waals surface area contributed by atoms with E-state index in [1.807, 2.05) is 35.3 Å². The summed E-state index contributed by atoms with van der Waals surface area (Å²) >= 11 is 3.21. The fourth-order valence-electron chi connectivity index (χ4n) is 2.37. The van der Waals surface area contributed by atoms with Crippen molar-refractivity contribution in [2.24, 2.45) is 0 Å². The van der Waals surface area contributed by atoms with Crippen LogP contribution in [-0.2, 0) is 10.5 Å². The monoisotopic (exact) mass is 386 g/mol. The van der Waals surface area contributed by atoms with E-state index < -0.39 is 0 Å². The number of carbonyl (C=O) groups excluding carboxylic acids is 1. The summed E-state index contributed by atoms with van der Waals surface area (Å²) < 4.78 is 13.0. The third kappa shape index (κ3) is 5.68. The lowest BCUT2D eigenvalue weighted by molar-refractivity contribution is -0.116. The fourth-order valence-corrected chi connectivity index (χ4v) is 4.02. The van der Waals surface area contributed by atoms with Gasteiger partial charge in [0, 0.05) is 23.1 Å². The minimum Gasteiger partial charge on any atom is -0.302 e. The molecule has 134 valence electrons. The predicted molar refractivity (Wildman–Crippen MR) is 108 cm³/mol. The van der Waals surface area contributed by atoms with Crippen molar-refractivity contribution in [2.45, 2.75) is 18.6 Å². The molecular weight excluding hydrogens is 367 g/mol. The summed E-state index contributed by atoms with van der Waals surface area (Å²) in [5.41, 5.74) is 2.88. The smallest absolute Gasteiger partial charge is 0.226 e. The number of halogens is 1. The van der Waals surface area contributed by atoms with E-state index >= 15 is 0 Å². The first kappa shape index (κ1) is 18.6. The van der Waals surface area contributed by atoms with E-state index in [2.05, 4.69) is 22.4 Å². The maximum atomic E-state index is 13.0. The molecule has 1 aromatic heterocycles. The molecule has 1 amide bonds. The molecule has 0 saturated heterocycles. The summed E-state index contributed by atoms with van der Waals surface area (Å²) in [4.78, 5) is 16.4. The number of anilines is 1. The minimum absolute atomic E-state index is 0.0229. The van der Waals surface area contributed by atoms with Gasteiger partial charge in [-0.05, 0) is 42.0 Å². The summed E-state index contributed by atoms with van der Waals surface area (Å²) in [7, 11) is 0. The number of rotatable bonds is 8. The largest absolute Gasteiger partial charge is 0.302 e. The van der Waals surface area contributed by atoms with E-state index in [-0.39, 0.29) is 11.7 Å². The summed E-state index contributed by atoms with van der Waals surface area (Å²) in [6, 6.07) is 16.5. The highest BCUT2D eigenvalue weighted by Gasteiger charge is 2.08. The first-order valence-electron chi connectivity index (χ1n) is 8.34. The molecule has 26 heavy (non-hydrogen) atoms. The number of amides is 1. The lowest BCUT2D eigenvalue weighted by Crippen LogP contribution is -2.11. The molecule has 3 nitrogen and oxygen atoms in total. The number of nitrogens with one attached hydrogen (secondary N) is 1. The Morgan fingerprint density at radius 2 is 1.88 bits per heavy atom.